The first kappa shape index (κ1) is 37.6. The molecule has 0 aliphatic rings. The molecule has 0 aliphatic heterocycles. The molecule has 7 aromatic rings. The molecule has 0 saturated heterocycles. The number of amides is 4. The van der Waals surface area contributed by atoms with Crippen molar-refractivity contribution in [2.24, 2.45) is 0 Å². The molecule has 0 aliphatic carbocycles. The second-order valence-electron chi connectivity index (χ2n) is 12.9. The zero-order valence-electron chi connectivity index (χ0n) is 31.2. The van der Waals surface area contributed by atoms with E-state index >= 15 is 0 Å². The fourth-order valence-electron chi connectivity index (χ4n) is 5.93. The van der Waals surface area contributed by atoms with Gasteiger partial charge in [-0.1, -0.05) is 24.3 Å². The van der Waals surface area contributed by atoms with Gasteiger partial charge in [0.2, 0.25) is 23.6 Å². The predicted molar refractivity (Wildman–Crippen MR) is 213 cm³/mol. The zero-order chi connectivity index (χ0) is 40.1. The molecular formula is C42H36N8O7. The van der Waals surface area contributed by atoms with Gasteiger partial charge in [0.15, 0.2) is 0 Å². The van der Waals surface area contributed by atoms with Crippen LogP contribution in [-0.2, 0) is 9.59 Å². The third-order valence-electron chi connectivity index (χ3n) is 8.98. The van der Waals surface area contributed by atoms with E-state index in [0.717, 1.165) is 10.8 Å². The minimum Gasteiger partial charge on any atom is -0.496 e. The lowest BCUT2D eigenvalue weighted by molar-refractivity contribution is -0.121. The lowest BCUT2D eigenvalue weighted by Crippen LogP contribution is -2.41. The van der Waals surface area contributed by atoms with Crippen molar-refractivity contribution in [2.75, 3.05) is 24.9 Å². The number of hydrogen-bond donors (Lipinski definition) is 4. The van der Waals surface area contributed by atoms with Crippen LogP contribution >= 0.6 is 0 Å². The Hall–Kier alpha value is -7.68. The topological polar surface area (TPSA) is 200 Å². The number of hydrogen-bond acceptors (Lipinski definition) is 13. The number of benzene rings is 4. The van der Waals surface area contributed by atoms with E-state index in [0.29, 0.717) is 45.0 Å². The van der Waals surface area contributed by atoms with Gasteiger partial charge >= 0.3 is 0 Å². The first-order chi connectivity index (χ1) is 27.6. The number of ether oxygens (including phenoxy) is 2. The van der Waals surface area contributed by atoms with Crippen molar-refractivity contribution in [1.29, 1.82) is 0 Å². The van der Waals surface area contributed by atoms with Gasteiger partial charge in [-0.2, -0.15) is 0 Å². The molecule has 0 fully saturated rings. The number of nitrogens with zero attached hydrogens (tertiary/aromatic N) is 4. The summed E-state index contributed by atoms with van der Waals surface area (Å²) in [4.78, 5) is 60.3. The molecule has 15 nitrogen and oxygen atoms in total. The summed E-state index contributed by atoms with van der Waals surface area (Å²) in [6.45, 7) is 3.27. The summed E-state index contributed by atoms with van der Waals surface area (Å²) < 4.78 is 16.8. The van der Waals surface area contributed by atoms with Gasteiger partial charge < -0.3 is 24.5 Å². The van der Waals surface area contributed by atoms with Crippen molar-refractivity contribution < 1.29 is 33.1 Å². The molecule has 0 saturated carbocycles. The molecule has 7 rings (SSSR count). The van der Waals surface area contributed by atoms with Crippen LogP contribution in [0.15, 0.2) is 114 Å². The summed E-state index contributed by atoms with van der Waals surface area (Å²) in [6, 6.07) is 30.0. The Bertz CT molecular complexity index is 2450. The summed E-state index contributed by atoms with van der Waals surface area (Å²) in [5.41, 5.74) is 3.80. The Morgan fingerprint density at radius 2 is 0.947 bits per heavy atom. The van der Waals surface area contributed by atoms with E-state index in [1.54, 1.807) is 86.6 Å². The highest BCUT2D eigenvalue weighted by molar-refractivity contribution is 6.08. The summed E-state index contributed by atoms with van der Waals surface area (Å²) in [7, 11) is 3.01. The van der Waals surface area contributed by atoms with Gasteiger partial charge in [-0.05, 0) is 86.6 Å². The van der Waals surface area contributed by atoms with Crippen LogP contribution in [0.25, 0.3) is 44.7 Å². The van der Waals surface area contributed by atoms with E-state index < -0.39 is 35.7 Å². The lowest BCUT2D eigenvalue weighted by Gasteiger charge is -2.15. The third kappa shape index (κ3) is 8.37. The lowest BCUT2D eigenvalue weighted by atomic mass is 10.1. The minimum absolute atomic E-state index is 0.0592. The fraction of sp³-hybridized carbons (Fsp3) is 0.143. The van der Waals surface area contributed by atoms with E-state index in [1.807, 2.05) is 24.3 Å². The number of rotatable bonds is 12. The first-order valence-electron chi connectivity index (χ1n) is 17.8. The molecule has 0 spiro atoms. The number of para-hydroxylation sites is 2. The van der Waals surface area contributed by atoms with Gasteiger partial charge in [0.25, 0.3) is 11.8 Å². The van der Waals surface area contributed by atoms with Gasteiger partial charge in [-0.25, -0.2) is 9.97 Å². The van der Waals surface area contributed by atoms with E-state index in [-0.39, 0.29) is 23.2 Å². The van der Waals surface area contributed by atoms with Crippen LogP contribution in [0.4, 0.5) is 11.4 Å². The Morgan fingerprint density at radius 3 is 1.33 bits per heavy atom. The number of imide groups is 2. The van der Waals surface area contributed by atoms with Crippen molar-refractivity contribution in [1.82, 2.24) is 30.8 Å². The van der Waals surface area contributed by atoms with Gasteiger partial charge in [-0.3, -0.25) is 29.8 Å². The number of carbonyl (C=O) groups excluding carboxylic acids is 4. The van der Waals surface area contributed by atoms with Gasteiger partial charge in [0, 0.05) is 45.4 Å². The Morgan fingerprint density at radius 1 is 0.561 bits per heavy atom. The third-order valence-corrected chi connectivity index (χ3v) is 8.98. The number of nitrogens with one attached hydrogen (secondary N) is 4. The normalized spacial score (nSPS) is 12.0. The van der Waals surface area contributed by atoms with E-state index in [2.05, 4.69) is 41.4 Å². The van der Waals surface area contributed by atoms with Gasteiger partial charge in [0.05, 0.1) is 25.3 Å². The minimum atomic E-state index is -0.758. The molecule has 4 amide bonds. The summed E-state index contributed by atoms with van der Waals surface area (Å²) >= 11 is 0. The number of fused-ring (bicyclic) bond motifs is 2. The molecule has 57 heavy (non-hydrogen) atoms. The van der Waals surface area contributed by atoms with Crippen molar-refractivity contribution in [3.8, 4) is 34.4 Å². The van der Waals surface area contributed by atoms with Crippen molar-refractivity contribution in [3.05, 3.63) is 121 Å². The highest BCUT2D eigenvalue weighted by atomic mass is 16.5. The van der Waals surface area contributed by atoms with E-state index in [1.165, 1.54) is 26.4 Å². The average molecular weight is 765 g/mol. The van der Waals surface area contributed by atoms with E-state index in [4.69, 9.17) is 13.9 Å². The molecule has 4 N–H and O–H groups in total. The maximum atomic E-state index is 12.9. The molecule has 3 aromatic heterocycles. The Labute approximate surface area is 325 Å². The highest BCUT2D eigenvalue weighted by Gasteiger charge is 2.21. The maximum Gasteiger partial charge on any atom is 0.276 e. The van der Waals surface area contributed by atoms with Crippen LogP contribution in [0.1, 0.15) is 34.8 Å². The number of pyridine rings is 2. The Kier molecular flexibility index (Phi) is 10.8. The predicted octanol–water partition coefficient (Wildman–Crippen LogP) is 6.03. The molecule has 15 heteroatoms. The van der Waals surface area contributed by atoms with Crippen LogP contribution < -0.4 is 30.7 Å². The van der Waals surface area contributed by atoms with Crippen molar-refractivity contribution >= 4 is 56.8 Å². The van der Waals surface area contributed by atoms with E-state index in [9.17, 15) is 19.2 Å². The maximum absolute atomic E-state index is 12.9. The Balaban J connectivity index is 0.917. The molecule has 0 radical (unpaired) electrons. The molecule has 0 unspecified atom stereocenters. The van der Waals surface area contributed by atoms with Crippen LogP contribution in [-0.4, -0.2) is 70.1 Å². The quantitative estimate of drug-likeness (QED) is 0.113. The number of carbonyl (C=O) groups is 4. The second-order valence-corrected chi connectivity index (χ2v) is 12.9. The highest BCUT2D eigenvalue weighted by Crippen LogP contribution is 2.28. The standard InChI is InChI=1S/C42H36N8O7/c1-23(37(51)47-39(53)33-21-35(55-3)29-9-5-7-11-31(29)45-33)43-27-17-13-25(14-18-27)41-49-50-42(57-41)26-15-19-28(20-16-26)44-24(2)38(52)48-40(54)34-22-36(56-4)30-10-6-8-12-32(30)46-34/h5-24,43-44H,1-4H3,(H,47,51,53)(H,48,52,54)/t23-,24-/m0/s1. The number of methoxy groups -OCH3 is 2. The second kappa shape index (κ2) is 16.4. The van der Waals surface area contributed by atoms with Crippen LogP contribution in [0.3, 0.4) is 0 Å². The molecule has 3 heterocycles. The molecule has 4 aromatic carbocycles. The molecule has 286 valence electrons. The largest absolute Gasteiger partial charge is 0.496 e. The van der Waals surface area contributed by atoms with Gasteiger partial charge in [-0.15, -0.1) is 10.2 Å². The monoisotopic (exact) mass is 764 g/mol. The summed E-state index contributed by atoms with van der Waals surface area (Å²) in [5, 5.41) is 20.8. The van der Waals surface area contributed by atoms with Crippen molar-refractivity contribution in [2.45, 2.75) is 25.9 Å². The average Bonchev–Trinajstić information content (AvgIpc) is 3.73. The summed E-state index contributed by atoms with van der Waals surface area (Å²) in [6.07, 6.45) is 0. The van der Waals surface area contributed by atoms with Gasteiger partial charge in [0.1, 0.15) is 35.0 Å². The molecule has 2 atom stereocenters. The van der Waals surface area contributed by atoms with Crippen LogP contribution in [0.2, 0.25) is 0 Å². The van der Waals surface area contributed by atoms with Crippen molar-refractivity contribution in [3.63, 3.8) is 0 Å². The smallest absolute Gasteiger partial charge is 0.276 e. The summed E-state index contributed by atoms with van der Waals surface area (Å²) in [5.74, 6) is -0.848. The van der Waals surface area contributed by atoms with Crippen LogP contribution in [0.5, 0.6) is 11.5 Å². The first-order valence-corrected chi connectivity index (χ1v) is 17.8. The molecule has 0 bridgehead atoms. The number of aromatic nitrogens is 4. The fourth-order valence-corrected chi connectivity index (χ4v) is 5.93. The zero-order valence-corrected chi connectivity index (χ0v) is 31.2. The molecular weight excluding hydrogens is 729 g/mol. The SMILES string of the molecule is COc1cc(C(=O)NC(=O)[C@H](C)Nc2ccc(-c3nnc(-c4ccc(N[C@@H](C)C(=O)NC(=O)c5cc(OC)c6ccccc6n5)cc4)o3)cc2)nc2ccccc12. The van der Waals surface area contributed by atoms with Crippen LogP contribution in [0, 0.1) is 0 Å². The number of anilines is 2.